The smallest absolute Gasteiger partial charge is 0.0410 e. The average Bonchev–Trinajstić information content (AvgIpc) is 3.28. The summed E-state index contributed by atoms with van der Waals surface area (Å²) < 4.78 is 1.18. The van der Waals surface area contributed by atoms with Crippen molar-refractivity contribution in [1.29, 1.82) is 0 Å². The number of nitrogens with zero attached hydrogens (tertiary/aromatic N) is 1. The van der Waals surface area contributed by atoms with Gasteiger partial charge in [0.05, 0.1) is 0 Å². The quantitative estimate of drug-likeness (QED) is 0.854. The SMILES string of the molecule is Clc1ccc(Br)c(CN(CC2CCNCC2)C2CC2)c1. The number of halogens is 2. The minimum atomic E-state index is 0.802. The standard InChI is InChI=1S/C16H22BrClN2/c17-16-4-1-14(18)9-13(16)11-20(15-2-3-15)10-12-5-7-19-8-6-12/h1,4,9,12,15,19H,2-3,5-8,10-11H2. The highest BCUT2D eigenvalue weighted by molar-refractivity contribution is 9.10. The number of rotatable bonds is 5. The molecule has 0 spiro atoms. The maximum atomic E-state index is 6.14. The molecule has 0 atom stereocenters. The van der Waals surface area contributed by atoms with Gasteiger partial charge in [-0.15, -0.1) is 0 Å². The van der Waals surface area contributed by atoms with Gasteiger partial charge in [0.15, 0.2) is 0 Å². The van der Waals surface area contributed by atoms with Gasteiger partial charge in [-0.25, -0.2) is 0 Å². The first-order chi connectivity index (χ1) is 9.72. The minimum absolute atomic E-state index is 0.802. The Morgan fingerprint density at radius 3 is 2.65 bits per heavy atom. The van der Waals surface area contributed by atoms with E-state index in [1.165, 1.54) is 55.4 Å². The van der Waals surface area contributed by atoms with Crippen LogP contribution in [0.2, 0.25) is 5.02 Å². The minimum Gasteiger partial charge on any atom is -0.317 e. The molecule has 20 heavy (non-hydrogen) atoms. The molecule has 3 rings (SSSR count). The van der Waals surface area contributed by atoms with Gasteiger partial charge in [-0.1, -0.05) is 27.5 Å². The Morgan fingerprint density at radius 1 is 1.20 bits per heavy atom. The van der Waals surface area contributed by atoms with Crippen molar-refractivity contribution in [3.63, 3.8) is 0 Å². The molecule has 1 aromatic rings. The monoisotopic (exact) mass is 356 g/mol. The summed E-state index contributed by atoms with van der Waals surface area (Å²) in [5.41, 5.74) is 1.32. The molecule has 1 heterocycles. The van der Waals surface area contributed by atoms with Crippen molar-refractivity contribution in [2.45, 2.75) is 38.3 Å². The number of nitrogens with one attached hydrogen (secondary N) is 1. The van der Waals surface area contributed by atoms with Crippen molar-refractivity contribution < 1.29 is 0 Å². The van der Waals surface area contributed by atoms with Gasteiger partial charge in [0.1, 0.15) is 0 Å². The molecule has 4 heteroatoms. The molecule has 1 saturated heterocycles. The predicted octanol–water partition coefficient (Wildman–Crippen LogP) is 4.07. The van der Waals surface area contributed by atoms with Crippen LogP contribution in [0.15, 0.2) is 22.7 Å². The topological polar surface area (TPSA) is 15.3 Å². The molecule has 110 valence electrons. The van der Waals surface area contributed by atoms with Gasteiger partial charge < -0.3 is 5.32 Å². The van der Waals surface area contributed by atoms with E-state index in [-0.39, 0.29) is 0 Å². The van der Waals surface area contributed by atoms with Crippen LogP contribution in [0.3, 0.4) is 0 Å². The Balaban J connectivity index is 1.66. The van der Waals surface area contributed by atoms with Crippen LogP contribution in [0.5, 0.6) is 0 Å². The Labute approximate surface area is 135 Å². The van der Waals surface area contributed by atoms with Crippen molar-refractivity contribution >= 4 is 27.5 Å². The van der Waals surface area contributed by atoms with Crippen molar-refractivity contribution in [3.8, 4) is 0 Å². The lowest BCUT2D eigenvalue weighted by atomic mass is 9.97. The van der Waals surface area contributed by atoms with E-state index in [9.17, 15) is 0 Å². The fourth-order valence-electron chi connectivity index (χ4n) is 3.06. The molecule has 2 nitrogen and oxygen atoms in total. The Kier molecular flexibility index (Phi) is 5.03. The van der Waals surface area contributed by atoms with Crippen LogP contribution in [-0.4, -0.2) is 30.6 Å². The summed E-state index contributed by atoms with van der Waals surface area (Å²) >= 11 is 9.80. The van der Waals surface area contributed by atoms with E-state index < -0.39 is 0 Å². The lowest BCUT2D eigenvalue weighted by Crippen LogP contribution is -2.37. The second-order valence-electron chi connectivity index (χ2n) is 6.09. The third-order valence-corrected chi connectivity index (χ3v) is 5.40. The van der Waals surface area contributed by atoms with Crippen LogP contribution in [0, 0.1) is 5.92 Å². The molecule has 1 aliphatic carbocycles. The van der Waals surface area contributed by atoms with Crippen molar-refractivity contribution in [1.82, 2.24) is 10.2 Å². The number of piperidine rings is 1. The number of hydrogen-bond acceptors (Lipinski definition) is 2. The summed E-state index contributed by atoms with van der Waals surface area (Å²) in [6.07, 6.45) is 5.37. The molecule has 2 aliphatic rings. The molecule has 1 N–H and O–H groups in total. The molecule has 0 radical (unpaired) electrons. The zero-order chi connectivity index (χ0) is 13.9. The molecule has 0 aromatic heterocycles. The summed E-state index contributed by atoms with van der Waals surface area (Å²) in [5.74, 6) is 0.856. The van der Waals surface area contributed by atoms with E-state index in [1.807, 2.05) is 6.07 Å². The van der Waals surface area contributed by atoms with Gasteiger partial charge in [-0.3, -0.25) is 4.90 Å². The van der Waals surface area contributed by atoms with Crippen molar-refractivity contribution in [2.75, 3.05) is 19.6 Å². The summed E-state index contributed by atoms with van der Waals surface area (Å²) in [5, 5.41) is 4.29. The predicted molar refractivity (Wildman–Crippen MR) is 88.2 cm³/mol. The van der Waals surface area contributed by atoms with Crippen molar-refractivity contribution in [2.24, 2.45) is 5.92 Å². The largest absolute Gasteiger partial charge is 0.317 e. The fourth-order valence-corrected chi connectivity index (χ4v) is 3.63. The van der Waals surface area contributed by atoms with Crippen LogP contribution in [-0.2, 0) is 6.54 Å². The van der Waals surface area contributed by atoms with Gasteiger partial charge in [-0.2, -0.15) is 0 Å². The van der Waals surface area contributed by atoms with Crippen LogP contribution in [0.25, 0.3) is 0 Å². The number of hydrogen-bond donors (Lipinski definition) is 1. The van der Waals surface area contributed by atoms with E-state index >= 15 is 0 Å². The van der Waals surface area contributed by atoms with Gasteiger partial charge in [-0.05, 0) is 68.5 Å². The normalized spacial score (nSPS) is 20.6. The van der Waals surface area contributed by atoms with Crippen LogP contribution in [0.1, 0.15) is 31.2 Å². The second-order valence-corrected chi connectivity index (χ2v) is 7.38. The lowest BCUT2D eigenvalue weighted by molar-refractivity contribution is 0.190. The molecule has 2 fully saturated rings. The van der Waals surface area contributed by atoms with Crippen LogP contribution < -0.4 is 5.32 Å². The fraction of sp³-hybridized carbons (Fsp3) is 0.625. The summed E-state index contributed by atoms with van der Waals surface area (Å²) in [6.45, 7) is 4.63. The molecule has 1 aromatic carbocycles. The maximum absolute atomic E-state index is 6.14. The van der Waals surface area contributed by atoms with Gasteiger partial charge in [0, 0.05) is 28.6 Å². The molecule has 0 unspecified atom stereocenters. The maximum Gasteiger partial charge on any atom is 0.0410 e. The van der Waals surface area contributed by atoms with E-state index in [4.69, 9.17) is 11.6 Å². The number of benzene rings is 1. The van der Waals surface area contributed by atoms with Crippen LogP contribution >= 0.6 is 27.5 Å². The molecule has 0 bridgehead atoms. The third-order valence-electron chi connectivity index (χ3n) is 4.40. The van der Waals surface area contributed by atoms with E-state index in [1.54, 1.807) is 0 Å². The van der Waals surface area contributed by atoms with Crippen LogP contribution in [0.4, 0.5) is 0 Å². The highest BCUT2D eigenvalue weighted by Gasteiger charge is 2.31. The molecular formula is C16H22BrClN2. The third kappa shape index (κ3) is 3.97. The van der Waals surface area contributed by atoms with E-state index in [2.05, 4.69) is 38.3 Å². The Morgan fingerprint density at radius 2 is 1.95 bits per heavy atom. The Bertz CT molecular complexity index is 456. The zero-order valence-electron chi connectivity index (χ0n) is 11.7. The van der Waals surface area contributed by atoms with Gasteiger partial charge in [0.2, 0.25) is 0 Å². The first-order valence-corrected chi connectivity index (χ1v) is 8.78. The first-order valence-electron chi connectivity index (χ1n) is 7.61. The second kappa shape index (κ2) is 6.78. The van der Waals surface area contributed by atoms with Gasteiger partial charge in [0.25, 0.3) is 0 Å². The summed E-state index contributed by atoms with van der Waals surface area (Å²) in [6, 6.07) is 6.91. The summed E-state index contributed by atoms with van der Waals surface area (Å²) in [4.78, 5) is 2.67. The molecular weight excluding hydrogens is 336 g/mol. The van der Waals surface area contributed by atoms with Gasteiger partial charge >= 0.3 is 0 Å². The Hall–Kier alpha value is -0.0900. The highest BCUT2D eigenvalue weighted by Crippen LogP contribution is 2.32. The van der Waals surface area contributed by atoms with Crippen molar-refractivity contribution in [3.05, 3.63) is 33.3 Å². The molecule has 1 aliphatic heterocycles. The molecule has 0 amide bonds. The highest BCUT2D eigenvalue weighted by atomic mass is 79.9. The summed E-state index contributed by atoms with van der Waals surface area (Å²) in [7, 11) is 0. The van der Waals surface area contributed by atoms with E-state index in [0.29, 0.717) is 0 Å². The first kappa shape index (κ1) is 14.8. The zero-order valence-corrected chi connectivity index (χ0v) is 14.1. The lowest BCUT2D eigenvalue weighted by Gasteiger charge is -2.30. The average molecular weight is 358 g/mol. The van der Waals surface area contributed by atoms with E-state index in [0.717, 1.165) is 23.5 Å². The molecule has 1 saturated carbocycles.